The summed E-state index contributed by atoms with van der Waals surface area (Å²) in [4.78, 5) is 4.66. The van der Waals surface area contributed by atoms with Gasteiger partial charge in [0.2, 0.25) is 0 Å². The maximum atomic E-state index is 6.35. The van der Waals surface area contributed by atoms with E-state index >= 15 is 0 Å². The van der Waals surface area contributed by atoms with E-state index in [2.05, 4.69) is 81.2 Å². The molecule has 0 radical (unpaired) electrons. The molecule has 0 amide bonds. The average Bonchev–Trinajstić information content (AvgIpc) is 2.88. The van der Waals surface area contributed by atoms with Gasteiger partial charge < -0.3 is 9.31 Å². The summed E-state index contributed by atoms with van der Waals surface area (Å²) in [6.45, 7) is 8.35. The minimum atomic E-state index is -0.393. The van der Waals surface area contributed by atoms with Gasteiger partial charge in [0.1, 0.15) is 0 Å². The Morgan fingerprint density at radius 2 is 1.37 bits per heavy atom. The van der Waals surface area contributed by atoms with Crippen LogP contribution in [0.2, 0.25) is 0 Å². The molecule has 3 nitrogen and oxygen atoms in total. The lowest BCUT2D eigenvalue weighted by Crippen LogP contribution is -2.41. The maximum absolute atomic E-state index is 6.35. The molecule has 5 rings (SSSR count). The molecule has 0 N–H and O–H groups in total. The molecule has 1 aliphatic rings. The summed E-state index contributed by atoms with van der Waals surface area (Å²) in [5.74, 6) is 0. The largest absolute Gasteiger partial charge is 0.495 e. The van der Waals surface area contributed by atoms with Crippen molar-refractivity contribution in [3.8, 4) is 0 Å². The molecule has 27 heavy (non-hydrogen) atoms. The smallest absolute Gasteiger partial charge is 0.399 e. The Kier molecular flexibility index (Phi) is 3.43. The summed E-state index contributed by atoms with van der Waals surface area (Å²) in [6, 6.07) is 19.0. The van der Waals surface area contributed by atoms with Gasteiger partial charge in [-0.3, -0.25) is 4.98 Å². The molecule has 1 aromatic heterocycles. The van der Waals surface area contributed by atoms with Gasteiger partial charge in [-0.15, -0.1) is 0 Å². The van der Waals surface area contributed by atoms with Crippen molar-refractivity contribution in [3.63, 3.8) is 0 Å². The highest BCUT2D eigenvalue weighted by atomic mass is 16.7. The molecular formula is C23H22BNO2. The molecule has 4 aromatic rings. The van der Waals surface area contributed by atoms with Crippen LogP contribution in [0.5, 0.6) is 0 Å². The SMILES string of the molecule is CC1(C)OB(c2cc3cnc4ccccc4c3c3ccccc23)OC1(C)C. The first kappa shape index (κ1) is 16.7. The van der Waals surface area contributed by atoms with Crippen molar-refractivity contribution in [3.05, 3.63) is 60.8 Å². The van der Waals surface area contributed by atoms with Crippen LogP contribution in [0.1, 0.15) is 27.7 Å². The summed E-state index contributed by atoms with van der Waals surface area (Å²) in [7, 11) is -0.393. The standard InChI is InChI=1S/C23H22BNO2/c1-22(2)23(3,4)27-24(26-22)19-13-15-14-25-20-12-8-7-11-18(20)21(15)17-10-6-5-9-16(17)19/h5-14H,1-4H3. The van der Waals surface area contributed by atoms with Gasteiger partial charge in [0.15, 0.2) is 0 Å². The lowest BCUT2D eigenvalue weighted by molar-refractivity contribution is 0.00578. The highest BCUT2D eigenvalue weighted by Crippen LogP contribution is 2.38. The number of fused-ring (bicyclic) bond motifs is 5. The third-order valence-electron chi connectivity index (χ3n) is 6.13. The van der Waals surface area contributed by atoms with E-state index in [1.54, 1.807) is 0 Å². The third-order valence-corrected chi connectivity index (χ3v) is 6.13. The number of para-hydroxylation sites is 1. The van der Waals surface area contributed by atoms with Crippen LogP contribution in [-0.2, 0) is 9.31 Å². The van der Waals surface area contributed by atoms with Gasteiger partial charge >= 0.3 is 7.12 Å². The zero-order valence-electron chi connectivity index (χ0n) is 16.1. The molecule has 0 bridgehead atoms. The van der Waals surface area contributed by atoms with Crippen molar-refractivity contribution >= 4 is 45.0 Å². The molecule has 3 aromatic carbocycles. The number of hydrogen-bond donors (Lipinski definition) is 0. The molecule has 1 fully saturated rings. The van der Waals surface area contributed by atoms with E-state index in [1.807, 2.05) is 12.3 Å². The summed E-state index contributed by atoms with van der Waals surface area (Å²) in [5.41, 5.74) is 1.34. The molecule has 1 aliphatic heterocycles. The van der Waals surface area contributed by atoms with Crippen LogP contribution in [0.25, 0.3) is 32.4 Å². The number of rotatable bonds is 1. The summed E-state index contributed by atoms with van der Waals surface area (Å²) < 4.78 is 12.7. The lowest BCUT2D eigenvalue weighted by Gasteiger charge is -2.32. The molecular weight excluding hydrogens is 333 g/mol. The van der Waals surface area contributed by atoms with Crippen molar-refractivity contribution in [1.82, 2.24) is 4.98 Å². The normalized spacial score (nSPS) is 18.6. The fraction of sp³-hybridized carbons (Fsp3) is 0.261. The monoisotopic (exact) mass is 355 g/mol. The van der Waals surface area contributed by atoms with Crippen molar-refractivity contribution in [2.75, 3.05) is 0 Å². The topological polar surface area (TPSA) is 31.4 Å². The van der Waals surface area contributed by atoms with E-state index in [0.717, 1.165) is 16.4 Å². The molecule has 2 heterocycles. The molecule has 134 valence electrons. The van der Waals surface area contributed by atoms with Crippen LogP contribution >= 0.6 is 0 Å². The Morgan fingerprint density at radius 3 is 2.07 bits per heavy atom. The second kappa shape index (κ2) is 5.54. The van der Waals surface area contributed by atoms with Crippen molar-refractivity contribution in [2.24, 2.45) is 0 Å². The molecule has 4 heteroatoms. The third kappa shape index (κ3) is 2.40. The summed E-state index contributed by atoms with van der Waals surface area (Å²) >= 11 is 0. The van der Waals surface area contributed by atoms with Crippen molar-refractivity contribution < 1.29 is 9.31 Å². The van der Waals surface area contributed by atoms with Crippen LogP contribution in [0.15, 0.2) is 60.8 Å². The number of aromatic nitrogens is 1. The number of benzene rings is 3. The number of hydrogen-bond acceptors (Lipinski definition) is 3. The maximum Gasteiger partial charge on any atom is 0.495 e. The van der Waals surface area contributed by atoms with Gasteiger partial charge in [-0.1, -0.05) is 48.5 Å². The Hall–Kier alpha value is -2.43. The van der Waals surface area contributed by atoms with E-state index in [4.69, 9.17) is 9.31 Å². The van der Waals surface area contributed by atoms with Gasteiger partial charge in [-0.05, 0) is 50.0 Å². The average molecular weight is 355 g/mol. The molecule has 0 unspecified atom stereocenters. The van der Waals surface area contributed by atoms with Crippen LogP contribution in [0.4, 0.5) is 0 Å². The first-order chi connectivity index (χ1) is 12.9. The Labute approximate surface area is 159 Å². The van der Waals surface area contributed by atoms with E-state index in [-0.39, 0.29) is 11.2 Å². The van der Waals surface area contributed by atoms with E-state index < -0.39 is 7.12 Å². The molecule has 0 saturated carbocycles. The summed E-state index contributed by atoms with van der Waals surface area (Å²) in [5, 5.41) is 5.89. The minimum absolute atomic E-state index is 0.366. The minimum Gasteiger partial charge on any atom is -0.399 e. The number of nitrogens with zero attached hydrogens (tertiary/aromatic N) is 1. The van der Waals surface area contributed by atoms with E-state index in [0.29, 0.717) is 0 Å². The fourth-order valence-corrected chi connectivity index (χ4v) is 3.93. The van der Waals surface area contributed by atoms with Gasteiger partial charge in [0.05, 0.1) is 16.7 Å². The van der Waals surface area contributed by atoms with Crippen LogP contribution in [0, 0.1) is 0 Å². The van der Waals surface area contributed by atoms with Gasteiger partial charge in [-0.25, -0.2) is 0 Å². The van der Waals surface area contributed by atoms with Crippen LogP contribution < -0.4 is 5.46 Å². The lowest BCUT2D eigenvalue weighted by atomic mass is 9.74. The van der Waals surface area contributed by atoms with E-state index in [9.17, 15) is 0 Å². The van der Waals surface area contributed by atoms with Crippen LogP contribution in [0.3, 0.4) is 0 Å². The van der Waals surface area contributed by atoms with Crippen LogP contribution in [-0.4, -0.2) is 23.3 Å². The predicted octanol–water partition coefficient (Wildman–Crippen LogP) is 4.84. The van der Waals surface area contributed by atoms with Crippen molar-refractivity contribution in [1.29, 1.82) is 0 Å². The molecule has 0 spiro atoms. The first-order valence-corrected chi connectivity index (χ1v) is 9.42. The van der Waals surface area contributed by atoms with Gasteiger partial charge in [0, 0.05) is 22.4 Å². The quantitative estimate of drug-likeness (QED) is 0.362. The second-order valence-corrected chi connectivity index (χ2v) is 8.34. The highest BCUT2D eigenvalue weighted by Gasteiger charge is 2.52. The van der Waals surface area contributed by atoms with E-state index in [1.165, 1.54) is 21.5 Å². The summed E-state index contributed by atoms with van der Waals surface area (Å²) in [6.07, 6.45) is 1.96. The van der Waals surface area contributed by atoms with Crippen molar-refractivity contribution in [2.45, 2.75) is 38.9 Å². The Bertz CT molecular complexity index is 1180. The van der Waals surface area contributed by atoms with Gasteiger partial charge in [-0.2, -0.15) is 0 Å². The van der Waals surface area contributed by atoms with Gasteiger partial charge in [0.25, 0.3) is 0 Å². The second-order valence-electron chi connectivity index (χ2n) is 8.34. The molecule has 0 atom stereocenters. The predicted molar refractivity (Wildman–Crippen MR) is 112 cm³/mol. The Balaban J connectivity index is 1.83. The zero-order chi connectivity index (χ0) is 18.8. The number of pyridine rings is 1. The highest BCUT2D eigenvalue weighted by molar-refractivity contribution is 6.66. The molecule has 0 aliphatic carbocycles. The zero-order valence-corrected chi connectivity index (χ0v) is 16.1. The Morgan fingerprint density at radius 1 is 0.778 bits per heavy atom. The molecule has 1 saturated heterocycles. The fourth-order valence-electron chi connectivity index (χ4n) is 3.93. The first-order valence-electron chi connectivity index (χ1n) is 9.42.